The first-order valence-electron chi connectivity index (χ1n) is 9.84. The summed E-state index contributed by atoms with van der Waals surface area (Å²) in [5.41, 5.74) is -0.325. The fraction of sp³-hybridized carbons (Fsp3) is 0.636. The molecule has 156 valence electrons. The lowest BCUT2D eigenvalue weighted by molar-refractivity contribution is -0.174. The van der Waals surface area contributed by atoms with Crippen molar-refractivity contribution in [1.82, 2.24) is 0 Å². The second-order valence-corrected chi connectivity index (χ2v) is 8.77. The fourth-order valence-electron chi connectivity index (χ4n) is 2.29. The van der Waals surface area contributed by atoms with Crippen molar-refractivity contribution in [3.05, 3.63) is 24.3 Å². The zero-order valence-electron chi connectivity index (χ0n) is 17.7. The van der Waals surface area contributed by atoms with Crippen LogP contribution in [-0.2, 0) is 19.1 Å². The summed E-state index contributed by atoms with van der Waals surface area (Å²) in [5.74, 6) is -0.463. The molecule has 1 aliphatic heterocycles. The highest BCUT2D eigenvalue weighted by Crippen LogP contribution is 2.35. The molecule has 2 rings (SSSR count). The summed E-state index contributed by atoms with van der Waals surface area (Å²) in [6.45, 7) is 12.5. The number of para-hydroxylation sites is 2. The highest BCUT2D eigenvalue weighted by atomic mass is 16.6. The molecule has 0 amide bonds. The molecule has 0 saturated carbocycles. The lowest BCUT2D eigenvalue weighted by Gasteiger charge is -2.32. The quantitative estimate of drug-likeness (QED) is 0.619. The van der Waals surface area contributed by atoms with Crippen molar-refractivity contribution >= 4 is 11.9 Å². The van der Waals surface area contributed by atoms with E-state index >= 15 is 0 Å². The summed E-state index contributed by atoms with van der Waals surface area (Å²) in [4.78, 5) is 25.4. The van der Waals surface area contributed by atoms with Crippen LogP contribution in [-0.4, -0.2) is 37.4 Å². The molecular formula is C22H32O6. The van der Waals surface area contributed by atoms with E-state index < -0.39 is 24.1 Å². The van der Waals surface area contributed by atoms with Crippen LogP contribution < -0.4 is 9.47 Å². The van der Waals surface area contributed by atoms with Gasteiger partial charge in [-0.3, -0.25) is 0 Å². The van der Waals surface area contributed by atoms with Gasteiger partial charge in [0.15, 0.2) is 11.5 Å². The minimum atomic E-state index is -1.21. The first kappa shape index (κ1) is 22.1. The van der Waals surface area contributed by atoms with E-state index in [1.807, 2.05) is 41.5 Å². The fourth-order valence-corrected chi connectivity index (χ4v) is 2.29. The summed E-state index contributed by atoms with van der Waals surface area (Å²) in [6.07, 6.45) is -0.717. The molecule has 0 saturated heterocycles. The van der Waals surface area contributed by atoms with E-state index in [1.165, 1.54) is 0 Å². The number of carbonyl (C=O) groups is 2. The van der Waals surface area contributed by atoms with Gasteiger partial charge in [0.05, 0.1) is 13.2 Å². The topological polar surface area (TPSA) is 71.1 Å². The van der Waals surface area contributed by atoms with Crippen molar-refractivity contribution in [2.75, 3.05) is 13.2 Å². The van der Waals surface area contributed by atoms with Gasteiger partial charge in [-0.05, 0) is 35.8 Å². The molecule has 0 fully saturated rings. The Balaban J connectivity index is 2.16. The highest BCUT2D eigenvalue weighted by Gasteiger charge is 2.44. The molecule has 28 heavy (non-hydrogen) atoms. The second kappa shape index (κ2) is 8.84. The Morgan fingerprint density at radius 1 is 0.821 bits per heavy atom. The Labute approximate surface area is 167 Å². The van der Waals surface area contributed by atoms with E-state index in [0.717, 1.165) is 12.8 Å². The number of benzene rings is 1. The van der Waals surface area contributed by atoms with Crippen LogP contribution in [0.5, 0.6) is 11.5 Å². The van der Waals surface area contributed by atoms with Crippen LogP contribution in [0.4, 0.5) is 0 Å². The predicted octanol–water partition coefficient (Wildman–Crippen LogP) is 4.15. The summed E-state index contributed by atoms with van der Waals surface area (Å²) in [5, 5.41) is 0. The monoisotopic (exact) mass is 392 g/mol. The molecule has 6 nitrogen and oxygen atoms in total. The third-order valence-corrected chi connectivity index (χ3v) is 5.22. The molecule has 0 spiro atoms. The molecule has 1 aromatic rings. The Kier molecular flexibility index (Phi) is 6.96. The van der Waals surface area contributed by atoms with E-state index in [-0.39, 0.29) is 24.0 Å². The Morgan fingerprint density at radius 3 is 1.50 bits per heavy atom. The van der Waals surface area contributed by atoms with Gasteiger partial charge < -0.3 is 18.9 Å². The SMILES string of the molecule is CCC(C)(C)COC(=O)C1Oc2ccccc2OC1C(=O)OCC(C)(C)CC. The summed E-state index contributed by atoms with van der Waals surface area (Å²) >= 11 is 0. The molecule has 1 heterocycles. The van der Waals surface area contributed by atoms with E-state index in [4.69, 9.17) is 18.9 Å². The molecule has 6 heteroatoms. The Morgan fingerprint density at radius 2 is 1.18 bits per heavy atom. The van der Waals surface area contributed by atoms with Crippen molar-refractivity contribution in [2.45, 2.75) is 66.6 Å². The van der Waals surface area contributed by atoms with Crippen LogP contribution in [0.3, 0.4) is 0 Å². The van der Waals surface area contributed by atoms with Crippen LogP contribution in [0.1, 0.15) is 54.4 Å². The number of hydrogen-bond acceptors (Lipinski definition) is 6. The summed E-state index contributed by atoms with van der Waals surface area (Å²) in [6, 6.07) is 6.92. The molecule has 0 bridgehead atoms. The lowest BCUT2D eigenvalue weighted by Crippen LogP contribution is -2.51. The van der Waals surface area contributed by atoms with Gasteiger partial charge in [0, 0.05) is 0 Å². The minimum Gasteiger partial charge on any atom is -0.470 e. The zero-order valence-corrected chi connectivity index (χ0v) is 17.7. The van der Waals surface area contributed by atoms with E-state index in [2.05, 4.69) is 0 Å². The molecular weight excluding hydrogens is 360 g/mol. The number of rotatable bonds is 8. The number of fused-ring (bicyclic) bond motifs is 1. The van der Waals surface area contributed by atoms with Gasteiger partial charge in [0.1, 0.15) is 0 Å². The molecule has 0 radical (unpaired) electrons. The molecule has 0 N–H and O–H groups in total. The molecule has 1 aliphatic rings. The van der Waals surface area contributed by atoms with Crippen molar-refractivity contribution < 1.29 is 28.5 Å². The molecule has 0 aliphatic carbocycles. The Hall–Kier alpha value is -2.24. The molecule has 1 aromatic carbocycles. The van der Waals surface area contributed by atoms with Crippen molar-refractivity contribution in [3.8, 4) is 11.5 Å². The first-order valence-corrected chi connectivity index (χ1v) is 9.84. The van der Waals surface area contributed by atoms with Crippen LogP contribution in [0, 0.1) is 10.8 Å². The normalized spacial score (nSPS) is 19.1. The second-order valence-electron chi connectivity index (χ2n) is 8.77. The van der Waals surface area contributed by atoms with Gasteiger partial charge in [-0.15, -0.1) is 0 Å². The van der Waals surface area contributed by atoms with Gasteiger partial charge in [0.25, 0.3) is 0 Å². The van der Waals surface area contributed by atoms with E-state index in [0.29, 0.717) is 11.5 Å². The van der Waals surface area contributed by atoms with Gasteiger partial charge >= 0.3 is 11.9 Å². The average molecular weight is 392 g/mol. The van der Waals surface area contributed by atoms with Gasteiger partial charge in [0.2, 0.25) is 12.2 Å². The molecule has 2 unspecified atom stereocenters. The smallest absolute Gasteiger partial charge is 0.352 e. The minimum absolute atomic E-state index is 0.162. The van der Waals surface area contributed by atoms with Crippen LogP contribution in [0.15, 0.2) is 24.3 Å². The van der Waals surface area contributed by atoms with Crippen LogP contribution in [0.25, 0.3) is 0 Å². The average Bonchev–Trinajstić information content (AvgIpc) is 2.69. The van der Waals surface area contributed by atoms with Crippen molar-refractivity contribution in [2.24, 2.45) is 10.8 Å². The maximum atomic E-state index is 12.7. The van der Waals surface area contributed by atoms with Crippen LogP contribution in [0.2, 0.25) is 0 Å². The van der Waals surface area contributed by atoms with E-state index in [1.54, 1.807) is 24.3 Å². The van der Waals surface area contributed by atoms with Crippen molar-refractivity contribution in [3.63, 3.8) is 0 Å². The predicted molar refractivity (Wildman–Crippen MR) is 105 cm³/mol. The summed E-state index contributed by atoms with van der Waals surface area (Å²) < 4.78 is 22.5. The number of carbonyl (C=O) groups excluding carboxylic acids is 2. The largest absolute Gasteiger partial charge is 0.470 e. The van der Waals surface area contributed by atoms with E-state index in [9.17, 15) is 9.59 Å². The van der Waals surface area contributed by atoms with Crippen molar-refractivity contribution in [1.29, 1.82) is 0 Å². The maximum absolute atomic E-state index is 12.7. The maximum Gasteiger partial charge on any atom is 0.352 e. The number of hydrogen-bond donors (Lipinski definition) is 0. The Bertz CT molecular complexity index is 635. The lowest BCUT2D eigenvalue weighted by atomic mass is 9.91. The third-order valence-electron chi connectivity index (χ3n) is 5.22. The third kappa shape index (κ3) is 5.63. The van der Waals surface area contributed by atoms with Gasteiger partial charge in [-0.2, -0.15) is 0 Å². The van der Waals surface area contributed by atoms with Gasteiger partial charge in [-0.25, -0.2) is 9.59 Å². The number of ether oxygens (including phenoxy) is 4. The van der Waals surface area contributed by atoms with Gasteiger partial charge in [-0.1, -0.05) is 53.7 Å². The standard InChI is InChI=1S/C22H32O6/c1-7-21(3,4)13-25-19(23)17-18(20(24)26-14-22(5,6)8-2)28-16-12-10-9-11-15(16)27-17/h9-12,17-18H,7-8,13-14H2,1-6H3. The first-order chi connectivity index (χ1) is 13.1. The number of esters is 2. The summed E-state index contributed by atoms with van der Waals surface area (Å²) in [7, 11) is 0. The highest BCUT2D eigenvalue weighted by molar-refractivity contribution is 5.87. The van der Waals surface area contributed by atoms with Crippen LogP contribution >= 0.6 is 0 Å². The molecule has 0 aromatic heterocycles. The molecule has 2 atom stereocenters. The zero-order chi connectivity index (χ0) is 20.9.